The van der Waals surface area contributed by atoms with Gasteiger partial charge in [-0.25, -0.2) is 0 Å². The monoisotopic (exact) mass is 430 g/mol. The summed E-state index contributed by atoms with van der Waals surface area (Å²) in [6, 6.07) is 7.52. The molecule has 0 radical (unpaired) electrons. The van der Waals surface area contributed by atoms with Gasteiger partial charge in [-0.1, -0.05) is 0 Å². The fourth-order valence-corrected chi connectivity index (χ4v) is 4.52. The summed E-state index contributed by atoms with van der Waals surface area (Å²) in [6.07, 6.45) is 0.611. The molecule has 0 saturated heterocycles. The molecule has 0 bridgehead atoms. The van der Waals surface area contributed by atoms with Crippen LogP contribution in [0.4, 0.5) is 0 Å². The van der Waals surface area contributed by atoms with Crippen LogP contribution in [0.2, 0.25) is 0 Å². The SMILES string of the molecule is COC(=O)[C@@H]1C[C@H](c2cc(OC)c(OC)cc2OC)[C@@H]1c1cc(OC)c2c(c1)OCO2. The smallest absolute Gasteiger partial charge is 0.309 e. The Morgan fingerprint density at radius 2 is 1.52 bits per heavy atom. The zero-order valence-electron chi connectivity index (χ0n) is 18.2. The van der Waals surface area contributed by atoms with Gasteiger partial charge in [0.15, 0.2) is 23.0 Å². The molecule has 0 amide bonds. The van der Waals surface area contributed by atoms with E-state index in [1.807, 2.05) is 18.2 Å². The number of carbonyl (C=O) groups is 1. The Bertz CT molecular complexity index is 986. The normalized spacial score (nSPS) is 21.1. The Morgan fingerprint density at radius 1 is 0.839 bits per heavy atom. The highest BCUT2D eigenvalue weighted by Gasteiger charge is 2.49. The summed E-state index contributed by atoms with van der Waals surface area (Å²) >= 11 is 0. The van der Waals surface area contributed by atoms with Crippen LogP contribution in [-0.2, 0) is 9.53 Å². The van der Waals surface area contributed by atoms with Gasteiger partial charge in [-0.2, -0.15) is 0 Å². The molecule has 2 aromatic rings. The Kier molecular flexibility index (Phi) is 5.71. The van der Waals surface area contributed by atoms with Gasteiger partial charge in [0.2, 0.25) is 12.5 Å². The highest BCUT2D eigenvalue weighted by Crippen LogP contribution is 2.58. The van der Waals surface area contributed by atoms with Crippen molar-refractivity contribution in [1.82, 2.24) is 0 Å². The molecule has 1 fully saturated rings. The largest absolute Gasteiger partial charge is 0.496 e. The van der Waals surface area contributed by atoms with Gasteiger partial charge in [0.25, 0.3) is 0 Å². The van der Waals surface area contributed by atoms with E-state index in [1.165, 1.54) is 7.11 Å². The lowest BCUT2D eigenvalue weighted by atomic mass is 9.59. The molecule has 1 aliphatic heterocycles. The van der Waals surface area contributed by atoms with E-state index in [0.717, 1.165) is 11.1 Å². The van der Waals surface area contributed by atoms with Gasteiger partial charge in [0, 0.05) is 17.5 Å². The quantitative estimate of drug-likeness (QED) is 0.618. The molecule has 8 nitrogen and oxygen atoms in total. The minimum absolute atomic E-state index is 0.0102. The maximum atomic E-state index is 12.5. The number of carbonyl (C=O) groups excluding carboxylic acids is 1. The van der Waals surface area contributed by atoms with Crippen molar-refractivity contribution in [3.8, 4) is 34.5 Å². The Balaban J connectivity index is 1.80. The van der Waals surface area contributed by atoms with Gasteiger partial charge in [-0.05, 0) is 36.1 Å². The van der Waals surface area contributed by atoms with Crippen LogP contribution in [0.1, 0.15) is 29.4 Å². The van der Waals surface area contributed by atoms with E-state index in [-0.39, 0.29) is 30.5 Å². The van der Waals surface area contributed by atoms with E-state index in [4.69, 9.17) is 33.2 Å². The first-order valence-electron chi connectivity index (χ1n) is 9.91. The Hall–Kier alpha value is -3.29. The van der Waals surface area contributed by atoms with Gasteiger partial charge in [-0.3, -0.25) is 4.79 Å². The third kappa shape index (κ3) is 3.45. The van der Waals surface area contributed by atoms with Crippen LogP contribution in [0.25, 0.3) is 0 Å². The first-order chi connectivity index (χ1) is 15.1. The van der Waals surface area contributed by atoms with Gasteiger partial charge in [0.1, 0.15) is 5.75 Å². The van der Waals surface area contributed by atoms with Crippen LogP contribution in [0.3, 0.4) is 0 Å². The van der Waals surface area contributed by atoms with Crippen molar-refractivity contribution < 1.29 is 38.0 Å². The van der Waals surface area contributed by atoms with Crippen molar-refractivity contribution in [2.75, 3.05) is 42.3 Å². The molecule has 1 aliphatic carbocycles. The highest BCUT2D eigenvalue weighted by atomic mass is 16.7. The number of benzene rings is 2. The predicted octanol–water partition coefficient (Wildman–Crippen LogP) is 3.51. The lowest BCUT2D eigenvalue weighted by Gasteiger charge is -2.44. The summed E-state index contributed by atoms with van der Waals surface area (Å²) in [5, 5.41) is 0. The first kappa shape index (κ1) is 21.0. The molecule has 0 spiro atoms. The summed E-state index contributed by atoms with van der Waals surface area (Å²) in [7, 11) is 7.76. The predicted molar refractivity (Wildman–Crippen MR) is 111 cm³/mol. The van der Waals surface area contributed by atoms with Crippen molar-refractivity contribution in [1.29, 1.82) is 0 Å². The second-order valence-corrected chi connectivity index (χ2v) is 7.40. The molecule has 31 heavy (non-hydrogen) atoms. The second-order valence-electron chi connectivity index (χ2n) is 7.40. The van der Waals surface area contributed by atoms with Crippen LogP contribution in [0.15, 0.2) is 24.3 Å². The highest BCUT2D eigenvalue weighted by molar-refractivity contribution is 5.76. The van der Waals surface area contributed by atoms with Crippen LogP contribution >= 0.6 is 0 Å². The molecule has 1 saturated carbocycles. The lowest BCUT2D eigenvalue weighted by Crippen LogP contribution is -2.39. The average molecular weight is 430 g/mol. The minimum atomic E-state index is -0.308. The molecule has 8 heteroatoms. The number of ether oxygens (including phenoxy) is 7. The molecule has 0 unspecified atom stereocenters. The zero-order valence-corrected chi connectivity index (χ0v) is 18.2. The fraction of sp³-hybridized carbons (Fsp3) is 0.435. The molecule has 1 heterocycles. The number of rotatable bonds is 7. The summed E-state index contributed by atoms with van der Waals surface area (Å²) in [4.78, 5) is 12.5. The molecule has 0 aromatic heterocycles. The summed E-state index contributed by atoms with van der Waals surface area (Å²) in [5.41, 5.74) is 1.84. The van der Waals surface area contributed by atoms with E-state index in [9.17, 15) is 4.79 Å². The van der Waals surface area contributed by atoms with Crippen molar-refractivity contribution in [2.45, 2.75) is 18.3 Å². The second kappa shape index (κ2) is 8.45. The number of hydrogen-bond acceptors (Lipinski definition) is 8. The van der Waals surface area contributed by atoms with Gasteiger partial charge in [-0.15, -0.1) is 0 Å². The third-order valence-corrected chi connectivity index (χ3v) is 6.08. The van der Waals surface area contributed by atoms with E-state index in [1.54, 1.807) is 34.5 Å². The van der Waals surface area contributed by atoms with E-state index in [2.05, 4.69) is 0 Å². The van der Waals surface area contributed by atoms with Crippen molar-refractivity contribution in [2.24, 2.45) is 5.92 Å². The van der Waals surface area contributed by atoms with Gasteiger partial charge >= 0.3 is 5.97 Å². The Labute approximate surface area is 180 Å². The first-order valence-corrected chi connectivity index (χ1v) is 9.91. The minimum Gasteiger partial charge on any atom is -0.496 e. The molecule has 2 aliphatic rings. The van der Waals surface area contributed by atoms with Crippen molar-refractivity contribution in [3.05, 3.63) is 35.4 Å². The summed E-state index contributed by atoms with van der Waals surface area (Å²) in [5.74, 6) is 2.85. The fourth-order valence-electron chi connectivity index (χ4n) is 4.52. The molecule has 0 N–H and O–H groups in total. The lowest BCUT2D eigenvalue weighted by molar-refractivity contribution is -0.150. The van der Waals surface area contributed by atoms with E-state index in [0.29, 0.717) is 40.9 Å². The van der Waals surface area contributed by atoms with E-state index < -0.39 is 0 Å². The molecular weight excluding hydrogens is 404 g/mol. The molecule has 2 aromatic carbocycles. The maximum Gasteiger partial charge on any atom is 0.309 e. The molecule has 3 atom stereocenters. The third-order valence-electron chi connectivity index (χ3n) is 6.08. The number of methoxy groups -OCH3 is 5. The maximum absolute atomic E-state index is 12.5. The van der Waals surface area contributed by atoms with Crippen LogP contribution in [0, 0.1) is 5.92 Å². The van der Waals surface area contributed by atoms with Gasteiger partial charge in [0.05, 0.1) is 41.5 Å². The number of hydrogen-bond donors (Lipinski definition) is 0. The van der Waals surface area contributed by atoms with E-state index >= 15 is 0 Å². The van der Waals surface area contributed by atoms with Crippen molar-refractivity contribution in [3.63, 3.8) is 0 Å². The Morgan fingerprint density at radius 3 is 2.16 bits per heavy atom. The number of fused-ring (bicyclic) bond motifs is 1. The summed E-state index contributed by atoms with van der Waals surface area (Å²) < 4.78 is 38.3. The average Bonchev–Trinajstić information content (AvgIpc) is 3.25. The zero-order chi connectivity index (χ0) is 22.1. The summed E-state index contributed by atoms with van der Waals surface area (Å²) in [6.45, 7) is 0.132. The standard InChI is InChI=1S/C23H26O8/c1-25-16-10-18(27-3)17(26-2)9-13(16)14-8-15(23(24)29-5)21(14)12-6-19(28-4)22-20(7-12)30-11-31-22/h6-7,9-10,14-15,21H,8,11H2,1-5H3/t14-,15-,21+/m1/s1. The van der Waals surface area contributed by atoms with Crippen LogP contribution < -0.4 is 28.4 Å². The molecular formula is C23H26O8. The number of esters is 1. The topological polar surface area (TPSA) is 81.7 Å². The molecule has 4 rings (SSSR count). The van der Waals surface area contributed by atoms with Gasteiger partial charge < -0.3 is 33.2 Å². The van der Waals surface area contributed by atoms with Crippen LogP contribution in [0.5, 0.6) is 34.5 Å². The molecule has 166 valence electrons. The van der Waals surface area contributed by atoms with Crippen LogP contribution in [-0.4, -0.2) is 48.3 Å². The van der Waals surface area contributed by atoms with Crippen molar-refractivity contribution >= 4 is 5.97 Å².